The fraction of sp³-hybridized carbons (Fsp3) is 0.731. The van der Waals surface area contributed by atoms with Crippen LogP contribution >= 0.6 is 0 Å². The SMILES string of the molecule is C[C@]12CC[C@@H]3[C@H](CCC4=CC(=O)C=C[C@]43C)[C@@H]1CC[C@]2(O)C(=O)COC(=O)C[N+](C)(C)C. The standard InChI is InChI=1S/C26H38NO5/c1-24-11-8-18(28)14-17(24)6-7-19-20(24)9-12-25(2)21(19)10-13-26(25,31)22(29)16-32-23(30)15-27(3,4)5/h8,11,14,19-21,31H,6-7,9-10,12-13,15-16H2,1-5H3/q+1/t19-,20+,21-,24+,25-,26-/m0/s1. The molecule has 0 heterocycles. The number of aliphatic hydroxyl groups is 1. The minimum atomic E-state index is -1.45. The summed E-state index contributed by atoms with van der Waals surface area (Å²) in [5, 5.41) is 11.7. The van der Waals surface area contributed by atoms with Crippen molar-refractivity contribution in [3.8, 4) is 0 Å². The quantitative estimate of drug-likeness (QED) is 0.521. The van der Waals surface area contributed by atoms with Crippen LogP contribution in [0.2, 0.25) is 0 Å². The van der Waals surface area contributed by atoms with Gasteiger partial charge in [-0.05, 0) is 68.4 Å². The van der Waals surface area contributed by atoms with E-state index in [9.17, 15) is 19.5 Å². The number of ether oxygens (including phenoxy) is 1. The Kier molecular flexibility index (Phi) is 5.57. The molecule has 0 aromatic carbocycles. The number of hydrogen-bond acceptors (Lipinski definition) is 5. The van der Waals surface area contributed by atoms with Gasteiger partial charge in [0, 0.05) is 10.8 Å². The minimum Gasteiger partial charge on any atom is -0.453 e. The van der Waals surface area contributed by atoms with Gasteiger partial charge in [-0.2, -0.15) is 0 Å². The zero-order chi connectivity index (χ0) is 23.5. The van der Waals surface area contributed by atoms with E-state index < -0.39 is 17.0 Å². The summed E-state index contributed by atoms with van der Waals surface area (Å²) in [7, 11) is 5.67. The Labute approximate surface area is 191 Å². The predicted molar refractivity (Wildman–Crippen MR) is 120 cm³/mol. The first-order valence-electron chi connectivity index (χ1n) is 12.0. The Hall–Kier alpha value is -1.79. The van der Waals surface area contributed by atoms with Crippen molar-refractivity contribution in [3.63, 3.8) is 0 Å². The van der Waals surface area contributed by atoms with Crippen molar-refractivity contribution in [3.05, 3.63) is 23.8 Å². The number of hydrogen-bond donors (Lipinski definition) is 1. The molecule has 3 fully saturated rings. The van der Waals surface area contributed by atoms with Gasteiger partial charge in [-0.1, -0.05) is 25.5 Å². The predicted octanol–water partition coefficient (Wildman–Crippen LogP) is 2.84. The van der Waals surface area contributed by atoms with E-state index in [-0.39, 0.29) is 36.1 Å². The van der Waals surface area contributed by atoms with Crippen LogP contribution in [0.15, 0.2) is 23.8 Å². The zero-order valence-electron chi connectivity index (χ0n) is 20.1. The van der Waals surface area contributed by atoms with Crippen molar-refractivity contribution in [2.75, 3.05) is 34.3 Å². The van der Waals surface area contributed by atoms with Crippen LogP contribution in [0.4, 0.5) is 0 Å². The first-order chi connectivity index (χ1) is 14.8. The number of carbonyl (C=O) groups is 3. The van der Waals surface area contributed by atoms with Gasteiger partial charge in [-0.3, -0.25) is 9.59 Å². The van der Waals surface area contributed by atoms with Crippen molar-refractivity contribution in [1.82, 2.24) is 0 Å². The third kappa shape index (κ3) is 3.60. The Morgan fingerprint density at radius 3 is 2.50 bits per heavy atom. The molecule has 6 atom stereocenters. The summed E-state index contributed by atoms with van der Waals surface area (Å²) in [4.78, 5) is 37.2. The Morgan fingerprint density at radius 1 is 1.12 bits per heavy atom. The molecule has 0 spiro atoms. The Balaban J connectivity index is 1.51. The lowest BCUT2D eigenvalue weighted by Gasteiger charge is -2.57. The summed E-state index contributed by atoms with van der Waals surface area (Å²) in [6.45, 7) is 4.14. The smallest absolute Gasteiger partial charge is 0.362 e. The molecule has 4 rings (SSSR count). The molecule has 1 N–H and O–H groups in total. The van der Waals surface area contributed by atoms with Gasteiger partial charge in [-0.25, -0.2) is 4.79 Å². The molecule has 0 aromatic rings. The second-order valence-corrected chi connectivity index (χ2v) is 12.0. The van der Waals surface area contributed by atoms with Crippen molar-refractivity contribution in [2.45, 2.75) is 58.0 Å². The molecule has 3 saturated carbocycles. The summed E-state index contributed by atoms with van der Waals surface area (Å²) in [5.41, 5.74) is -0.828. The molecular weight excluding hydrogens is 406 g/mol. The van der Waals surface area contributed by atoms with Crippen LogP contribution in [0.3, 0.4) is 0 Å². The third-order valence-corrected chi connectivity index (χ3v) is 9.14. The monoisotopic (exact) mass is 444 g/mol. The van der Waals surface area contributed by atoms with Crippen molar-refractivity contribution in [2.24, 2.45) is 28.6 Å². The number of ketones is 2. The molecule has 0 unspecified atom stereocenters. The number of carbonyl (C=O) groups excluding carboxylic acids is 3. The number of quaternary nitrogens is 1. The van der Waals surface area contributed by atoms with Gasteiger partial charge in [0.15, 0.2) is 18.9 Å². The van der Waals surface area contributed by atoms with E-state index in [0.29, 0.717) is 22.7 Å². The fourth-order valence-corrected chi connectivity index (χ4v) is 7.37. The lowest BCUT2D eigenvalue weighted by Crippen LogP contribution is -2.58. The van der Waals surface area contributed by atoms with Crippen molar-refractivity contribution < 1.29 is 28.7 Å². The number of nitrogens with zero attached hydrogens (tertiary/aromatic N) is 1. The number of fused-ring (bicyclic) bond motifs is 5. The maximum Gasteiger partial charge on any atom is 0.362 e. The first kappa shape index (κ1) is 23.4. The maximum atomic E-state index is 13.2. The highest BCUT2D eigenvalue weighted by Crippen LogP contribution is 2.67. The van der Waals surface area contributed by atoms with Gasteiger partial charge in [-0.15, -0.1) is 0 Å². The number of likely N-dealkylation sites (N-methyl/N-ethyl adjacent to an activating group) is 1. The number of Topliss-reactive ketones (excluding diaryl/α,β-unsaturated/α-hetero) is 1. The van der Waals surface area contributed by atoms with E-state index in [1.165, 1.54) is 5.57 Å². The van der Waals surface area contributed by atoms with Crippen molar-refractivity contribution in [1.29, 1.82) is 0 Å². The van der Waals surface area contributed by atoms with E-state index in [1.54, 1.807) is 6.08 Å². The average Bonchev–Trinajstić information content (AvgIpc) is 2.97. The van der Waals surface area contributed by atoms with Gasteiger partial charge in [0.05, 0.1) is 21.1 Å². The van der Waals surface area contributed by atoms with E-state index in [1.807, 2.05) is 27.2 Å². The molecule has 0 saturated heterocycles. The number of allylic oxidation sites excluding steroid dienone is 4. The van der Waals surface area contributed by atoms with Crippen LogP contribution in [0.1, 0.15) is 52.4 Å². The normalized spacial score (nSPS) is 40.8. The third-order valence-electron chi connectivity index (χ3n) is 9.14. The van der Waals surface area contributed by atoms with E-state index >= 15 is 0 Å². The van der Waals surface area contributed by atoms with E-state index in [4.69, 9.17) is 4.74 Å². The highest BCUT2D eigenvalue weighted by molar-refractivity contribution is 6.01. The lowest BCUT2D eigenvalue weighted by atomic mass is 9.47. The minimum absolute atomic E-state index is 0.0808. The highest BCUT2D eigenvalue weighted by Gasteiger charge is 2.66. The van der Waals surface area contributed by atoms with Crippen molar-refractivity contribution >= 4 is 17.5 Å². The maximum absolute atomic E-state index is 13.2. The van der Waals surface area contributed by atoms with Gasteiger partial charge in [0.2, 0.25) is 5.78 Å². The highest BCUT2D eigenvalue weighted by atomic mass is 16.5. The molecule has 0 bridgehead atoms. The summed E-state index contributed by atoms with van der Waals surface area (Å²) in [6, 6.07) is 0. The topological polar surface area (TPSA) is 80.7 Å². The molecule has 6 nitrogen and oxygen atoms in total. The molecular formula is C26H38NO5+. The molecule has 0 amide bonds. The van der Waals surface area contributed by atoms with Crippen LogP contribution in [-0.2, 0) is 19.1 Å². The van der Waals surface area contributed by atoms with Crippen LogP contribution in [0.5, 0.6) is 0 Å². The summed E-state index contributed by atoms with van der Waals surface area (Å²) in [6.07, 6.45) is 10.4. The lowest BCUT2D eigenvalue weighted by molar-refractivity contribution is -0.862. The van der Waals surface area contributed by atoms with Gasteiger partial charge < -0.3 is 14.3 Å². The largest absolute Gasteiger partial charge is 0.453 e. The molecule has 6 heteroatoms. The molecule has 0 aromatic heterocycles. The number of esters is 1. The van der Waals surface area contributed by atoms with E-state index in [2.05, 4.69) is 19.9 Å². The summed E-state index contributed by atoms with van der Waals surface area (Å²) >= 11 is 0. The molecule has 176 valence electrons. The van der Waals surface area contributed by atoms with Crippen LogP contribution < -0.4 is 0 Å². The van der Waals surface area contributed by atoms with Gasteiger partial charge in [0.25, 0.3) is 0 Å². The Morgan fingerprint density at radius 2 is 1.81 bits per heavy atom. The molecule has 32 heavy (non-hydrogen) atoms. The zero-order valence-corrected chi connectivity index (χ0v) is 20.1. The molecule has 4 aliphatic rings. The molecule has 0 aliphatic heterocycles. The summed E-state index contributed by atoms with van der Waals surface area (Å²) < 4.78 is 5.70. The van der Waals surface area contributed by atoms with Gasteiger partial charge in [0.1, 0.15) is 5.60 Å². The fourth-order valence-electron chi connectivity index (χ4n) is 7.37. The van der Waals surface area contributed by atoms with Crippen LogP contribution in [0, 0.1) is 28.6 Å². The second-order valence-electron chi connectivity index (χ2n) is 12.0. The molecule has 0 radical (unpaired) electrons. The number of rotatable bonds is 5. The average molecular weight is 445 g/mol. The van der Waals surface area contributed by atoms with Gasteiger partial charge >= 0.3 is 5.97 Å². The Bertz CT molecular complexity index is 898. The van der Waals surface area contributed by atoms with E-state index in [0.717, 1.165) is 32.1 Å². The van der Waals surface area contributed by atoms with Crippen LogP contribution in [-0.4, -0.2) is 67.0 Å². The second kappa shape index (κ2) is 7.63. The summed E-state index contributed by atoms with van der Waals surface area (Å²) in [5.74, 6) is 0.386. The van der Waals surface area contributed by atoms with Crippen LogP contribution in [0.25, 0.3) is 0 Å². The molecule has 4 aliphatic carbocycles. The first-order valence-corrected chi connectivity index (χ1v) is 12.0.